The molecular weight excluding hydrogens is 341 g/mol. The topological polar surface area (TPSA) is 41.1 Å². The Morgan fingerprint density at radius 1 is 1.08 bits per heavy atom. The summed E-state index contributed by atoms with van der Waals surface area (Å²) in [6, 6.07) is 4.26. The summed E-state index contributed by atoms with van der Waals surface area (Å²) in [5.41, 5.74) is 0.0928. The van der Waals surface area contributed by atoms with E-state index in [1.165, 1.54) is 31.7 Å². The molecule has 2 aliphatic rings. The molecule has 0 aromatic heterocycles. The van der Waals surface area contributed by atoms with Crippen molar-refractivity contribution in [3.05, 3.63) is 34.9 Å². The number of amides is 1. The van der Waals surface area contributed by atoms with Gasteiger partial charge in [0.1, 0.15) is 0 Å². The number of hydrogen-bond donors (Lipinski definition) is 2. The molecular formula is C20H27F3N2O. The zero-order valence-electron chi connectivity index (χ0n) is 15.2. The smallest absolute Gasteiger partial charge is 0.348 e. The third kappa shape index (κ3) is 4.40. The van der Waals surface area contributed by atoms with E-state index in [4.69, 9.17) is 0 Å². The van der Waals surface area contributed by atoms with Crippen LogP contribution in [0.5, 0.6) is 0 Å². The van der Waals surface area contributed by atoms with Crippen molar-refractivity contribution in [1.29, 1.82) is 0 Å². The minimum atomic E-state index is -4.39. The van der Waals surface area contributed by atoms with Gasteiger partial charge in [0.2, 0.25) is 0 Å². The number of benzene rings is 1. The van der Waals surface area contributed by atoms with Crippen molar-refractivity contribution in [3.63, 3.8) is 0 Å². The van der Waals surface area contributed by atoms with E-state index in [0.29, 0.717) is 23.6 Å². The molecule has 2 atom stereocenters. The Morgan fingerprint density at radius 2 is 1.77 bits per heavy atom. The van der Waals surface area contributed by atoms with E-state index in [1.807, 2.05) is 0 Å². The van der Waals surface area contributed by atoms with Crippen molar-refractivity contribution in [2.75, 3.05) is 0 Å². The SMILES string of the molecule is CCc1cc(C(F)(F)F)ccc1C(=O)NC1CCCC1NC1CCCC1. The molecule has 2 fully saturated rings. The van der Waals surface area contributed by atoms with Crippen LogP contribution in [-0.4, -0.2) is 24.0 Å². The highest BCUT2D eigenvalue weighted by Crippen LogP contribution is 2.31. The number of aryl methyl sites for hydroxylation is 1. The maximum Gasteiger partial charge on any atom is 0.416 e. The molecule has 2 unspecified atom stereocenters. The molecule has 0 spiro atoms. The van der Waals surface area contributed by atoms with E-state index < -0.39 is 11.7 Å². The molecule has 0 heterocycles. The van der Waals surface area contributed by atoms with Crippen LogP contribution in [0.2, 0.25) is 0 Å². The van der Waals surface area contributed by atoms with Gasteiger partial charge in [0.15, 0.2) is 0 Å². The molecule has 6 heteroatoms. The largest absolute Gasteiger partial charge is 0.416 e. The number of alkyl halides is 3. The lowest BCUT2D eigenvalue weighted by molar-refractivity contribution is -0.137. The van der Waals surface area contributed by atoms with Gasteiger partial charge in [-0.1, -0.05) is 19.8 Å². The summed E-state index contributed by atoms with van der Waals surface area (Å²) in [6.45, 7) is 1.77. The molecule has 2 N–H and O–H groups in total. The number of carbonyl (C=O) groups excluding carboxylic acids is 1. The predicted molar refractivity (Wildman–Crippen MR) is 95.1 cm³/mol. The van der Waals surface area contributed by atoms with Gasteiger partial charge in [-0.05, 0) is 62.3 Å². The number of rotatable bonds is 5. The van der Waals surface area contributed by atoms with Crippen LogP contribution in [0.25, 0.3) is 0 Å². The maximum absolute atomic E-state index is 12.9. The van der Waals surface area contributed by atoms with E-state index in [2.05, 4.69) is 10.6 Å². The van der Waals surface area contributed by atoms with Crippen molar-refractivity contribution < 1.29 is 18.0 Å². The Bertz CT molecular complexity index is 638. The highest BCUT2D eigenvalue weighted by atomic mass is 19.4. The van der Waals surface area contributed by atoms with Crippen LogP contribution in [0.15, 0.2) is 18.2 Å². The van der Waals surface area contributed by atoms with Gasteiger partial charge in [0, 0.05) is 23.7 Å². The summed E-state index contributed by atoms with van der Waals surface area (Å²) in [7, 11) is 0. The third-order valence-corrected chi connectivity index (χ3v) is 5.70. The number of hydrogen-bond acceptors (Lipinski definition) is 2. The Balaban J connectivity index is 1.68. The zero-order valence-corrected chi connectivity index (χ0v) is 15.2. The molecule has 26 heavy (non-hydrogen) atoms. The van der Waals surface area contributed by atoms with Crippen LogP contribution in [0.3, 0.4) is 0 Å². The Morgan fingerprint density at radius 3 is 2.42 bits per heavy atom. The molecule has 1 amide bonds. The molecule has 3 rings (SSSR count). The molecule has 0 saturated heterocycles. The standard InChI is InChI=1S/C20H27F3N2O/c1-2-13-12-14(20(21,22)23)10-11-16(13)19(26)25-18-9-5-8-17(18)24-15-6-3-4-7-15/h10-12,15,17-18,24H,2-9H2,1H3,(H,25,26). The van der Waals surface area contributed by atoms with Gasteiger partial charge < -0.3 is 10.6 Å². The van der Waals surface area contributed by atoms with Gasteiger partial charge in [-0.25, -0.2) is 0 Å². The second kappa shape index (κ2) is 7.99. The Hall–Kier alpha value is -1.56. The first-order valence-corrected chi connectivity index (χ1v) is 9.65. The number of halogens is 3. The third-order valence-electron chi connectivity index (χ3n) is 5.70. The van der Waals surface area contributed by atoms with Crippen molar-refractivity contribution in [1.82, 2.24) is 10.6 Å². The summed E-state index contributed by atoms with van der Waals surface area (Å²) < 4.78 is 38.7. The molecule has 2 saturated carbocycles. The van der Waals surface area contributed by atoms with E-state index in [-0.39, 0.29) is 18.0 Å². The molecule has 2 aliphatic carbocycles. The lowest BCUT2D eigenvalue weighted by atomic mass is 10.00. The van der Waals surface area contributed by atoms with Gasteiger partial charge in [-0.15, -0.1) is 0 Å². The minimum Gasteiger partial charge on any atom is -0.348 e. The van der Waals surface area contributed by atoms with Gasteiger partial charge in [-0.2, -0.15) is 13.2 Å². The van der Waals surface area contributed by atoms with Gasteiger partial charge >= 0.3 is 6.18 Å². The average molecular weight is 368 g/mol. The van der Waals surface area contributed by atoms with Crippen LogP contribution >= 0.6 is 0 Å². The molecule has 3 nitrogen and oxygen atoms in total. The summed E-state index contributed by atoms with van der Waals surface area (Å²) in [5, 5.41) is 6.75. The van der Waals surface area contributed by atoms with Crippen molar-refractivity contribution in [3.8, 4) is 0 Å². The maximum atomic E-state index is 12.9. The number of carbonyl (C=O) groups is 1. The zero-order chi connectivity index (χ0) is 18.7. The first-order valence-electron chi connectivity index (χ1n) is 9.65. The highest BCUT2D eigenvalue weighted by Gasteiger charge is 2.33. The van der Waals surface area contributed by atoms with Gasteiger partial charge in [-0.3, -0.25) is 4.79 Å². The van der Waals surface area contributed by atoms with Crippen LogP contribution in [0, 0.1) is 0 Å². The minimum absolute atomic E-state index is 0.0510. The quantitative estimate of drug-likeness (QED) is 0.806. The van der Waals surface area contributed by atoms with Gasteiger partial charge in [0.05, 0.1) is 5.56 Å². The fourth-order valence-electron chi connectivity index (χ4n) is 4.26. The molecule has 144 valence electrons. The average Bonchev–Trinajstić information content (AvgIpc) is 3.26. The van der Waals surface area contributed by atoms with Crippen LogP contribution < -0.4 is 10.6 Å². The van der Waals surface area contributed by atoms with E-state index in [1.54, 1.807) is 6.92 Å². The van der Waals surface area contributed by atoms with Crippen LogP contribution in [-0.2, 0) is 12.6 Å². The first kappa shape index (κ1) is 19.2. The Kier molecular flexibility index (Phi) is 5.90. The summed E-state index contributed by atoms with van der Waals surface area (Å²) >= 11 is 0. The first-order chi connectivity index (χ1) is 12.4. The predicted octanol–water partition coefficient (Wildman–Crippen LogP) is 4.45. The lowest BCUT2D eigenvalue weighted by Gasteiger charge is -2.26. The summed E-state index contributed by atoms with van der Waals surface area (Å²) in [5.74, 6) is -0.263. The fourth-order valence-corrected chi connectivity index (χ4v) is 4.26. The second-order valence-electron chi connectivity index (χ2n) is 7.49. The van der Waals surface area contributed by atoms with Crippen LogP contribution in [0.1, 0.15) is 73.4 Å². The fraction of sp³-hybridized carbons (Fsp3) is 0.650. The number of nitrogens with one attached hydrogen (secondary N) is 2. The van der Waals surface area contributed by atoms with E-state index >= 15 is 0 Å². The highest BCUT2D eigenvalue weighted by molar-refractivity contribution is 5.96. The van der Waals surface area contributed by atoms with E-state index in [9.17, 15) is 18.0 Å². The second-order valence-corrected chi connectivity index (χ2v) is 7.49. The molecule has 0 radical (unpaired) electrons. The Labute approximate surface area is 152 Å². The van der Waals surface area contributed by atoms with Crippen LogP contribution in [0.4, 0.5) is 13.2 Å². The monoisotopic (exact) mass is 368 g/mol. The lowest BCUT2D eigenvalue weighted by Crippen LogP contribution is -2.49. The summed E-state index contributed by atoms with van der Waals surface area (Å²) in [4.78, 5) is 12.7. The molecule has 0 aliphatic heterocycles. The van der Waals surface area contributed by atoms with Crippen molar-refractivity contribution in [2.24, 2.45) is 0 Å². The summed E-state index contributed by atoms with van der Waals surface area (Å²) in [6.07, 6.45) is 3.91. The normalized spacial score (nSPS) is 24.2. The molecule has 1 aromatic carbocycles. The van der Waals surface area contributed by atoms with Crippen molar-refractivity contribution >= 4 is 5.91 Å². The van der Waals surface area contributed by atoms with Gasteiger partial charge in [0.25, 0.3) is 5.91 Å². The molecule has 1 aromatic rings. The van der Waals surface area contributed by atoms with Crippen molar-refractivity contribution in [2.45, 2.75) is 82.6 Å². The molecule has 0 bridgehead atoms. The van der Waals surface area contributed by atoms with E-state index in [0.717, 1.165) is 31.4 Å².